The number of nitrogens with zero attached hydrogens (tertiary/aromatic N) is 2. The number of fused-ring (bicyclic) bond motifs is 5. The average molecular weight is 571 g/mol. The van der Waals surface area contributed by atoms with Crippen molar-refractivity contribution in [1.29, 1.82) is 0 Å². The number of carbonyl (C=O) groups is 3. The van der Waals surface area contributed by atoms with Crippen LogP contribution in [0.5, 0.6) is 11.5 Å². The minimum absolute atomic E-state index is 0.0264. The molecule has 5 rings (SSSR count). The normalized spacial score (nSPS) is 19.8. The van der Waals surface area contributed by atoms with E-state index >= 15 is 0 Å². The van der Waals surface area contributed by atoms with Gasteiger partial charge in [-0.15, -0.1) is 0 Å². The Morgan fingerprint density at radius 1 is 1.05 bits per heavy atom. The number of aromatic carboxylic acids is 1. The summed E-state index contributed by atoms with van der Waals surface area (Å²) in [5.41, 5.74) is -0.224. The molecule has 2 amide bonds. The lowest BCUT2D eigenvalue weighted by atomic mass is 10.1. The summed E-state index contributed by atoms with van der Waals surface area (Å²) in [4.78, 5) is 42.9. The third kappa shape index (κ3) is 6.74. The molecule has 2 aromatic carbocycles. The maximum atomic E-state index is 13.0. The van der Waals surface area contributed by atoms with Crippen molar-refractivity contribution in [2.75, 3.05) is 24.5 Å². The number of halogens is 3. The largest absolute Gasteiger partial charge is 0.478 e. The molecular weight excluding hydrogens is 545 g/mol. The first-order valence-electron chi connectivity index (χ1n) is 12.7. The minimum atomic E-state index is -4.51. The van der Waals surface area contributed by atoms with Gasteiger partial charge in [-0.3, -0.25) is 9.59 Å². The molecule has 3 N–H and O–H groups in total. The number of nitrogens with one attached hydrogen (secondary N) is 2. The summed E-state index contributed by atoms with van der Waals surface area (Å²) in [7, 11) is 0. The molecule has 0 radical (unpaired) electrons. The van der Waals surface area contributed by atoms with Crippen molar-refractivity contribution in [3.8, 4) is 11.5 Å². The van der Waals surface area contributed by atoms with Gasteiger partial charge in [0.1, 0.15) is 17.3 Å². The highest BCUT2D eigenvalue weighted by molar-refractivity contribution is 5.98. The average Bonchev–Trinajstić information content (AvgIpc) is 3.33. The van der Waals surface area contributed by atoms with Crippen LogP contribution in [0.15, 0.2) is 60.8 Å². The molecular formula is C28H25F3N4O6. The second-order valence-electron chi connectivity index (χ2n) is 9.64. The van der Waals surface area contributed by atoms with E-state index in [2.05, 4.69) is 15.6 Å². The number of hydrogen-bond acceptors (Lipinski definition) is 7. The zero-order chi connectivity index (χ0) is 29.1. The number of alkyl halides is 3. The van der Waals surface area contributed by atoms with E-state index in [4.69, 9.17) is 9.47 Å². The van der Waals surface area contributed by atoms with Gasteiger partial charge in [0, 0.05) is 37.8 Å². The summed E-state index contributed by atoms with van der Waals surface area (Å²) in [6.07, 6.45) is -4.33. The van der Waals surface area contributed by atoms with Crippen molar-refractivity contribution in [2.45, 2.75) is 31.3 Å². The number of ether oxygens (including phenoxy) is 2. The van der Waals surface area contributed by atoms with Crippen molar-refractivity contribution in [3.63, 3.8) is 0 Å². The first-order valence-corrected chi connectivity index (χ1v) is 12.7. The van der Waals surface area contributed by atoms with Gasteiger partial charge in [0.05, 0.1) is 29.9 Å². The number of carboxylic acid groups (broad SMARTS) is 1. The van der Waals surface area contributed by atoms with Crippen LogP contribution in [0.3, 0.4) is 0 Å². The van der Waals surface area contributed by atoms with Gasteiger partial charge in [0.2, 0.25) is 5.91 Å². The molecule has 13 heteroatoms. The van der Waals surface area contributed by atoms with E-state index in [1.807, 2.05) is 0 Å². The summed E-state index contributed by atoms with van der Waals surface area (Å²) in [6, 6.07) is 12.6. The van der Waals surface area contributed by atoms with Gasteiger partial charge in [-0.05, 0) is 48.0 Å². The van der Waals surface area contributed by atoms with Gasteiger partial charge in [0.15, 0.2) is 0 Å². The highest BCUT2D eigenvalue weighted by Crippen LogP contribution is 2.31. The molecule has 3 aromatic rings. The number of aromatic nitrogens is 1. The molecule has 0 spiro atoms. The van der Waals surface area contributed by atoms with Crippen molar-refractivity contribution < 1.29 is 42.1 Å². The molecule has 1 aromatic heterocycles. The van der Waals surface area contributed by atoms with E-state index < -0.39 is 35.8 Å². The van der Waals surface area contributed by atoms with Gasteiger partial charge in [0.25, 0.3) is 5.91 Å². The van der Waals surface area contributed by atoms with Crippen LogP contribution in [0.2, 0.25) is 0 Å². The number of amides is 2. The highest BCUT2D eigenvalue weighted by atomic mass is 19.4. The Bertz CT molecular complexity index is 1460. The van der Waals surface area contributed by atoms with Crippen LogP contribution in [0.4, 0.5) is 19.0 Å². The van der Waals surface area contributed by atoms with E-state index in [1.165, 1.54) is 24.3 Å². The molecule has 41 heavy (non-hydrogen) atoms. The standard InChI is InChI=1S/C28H25F3N4O6/c29-28(30,31)19-4-5-24(33-12-19)35-13-22-23(14-35)40-15-16-2-1-3-20(8-16)41-21-10-17(9-18(11-21)27(38)39)26(37)32-7-6-25(36)34-22/h1-5,8-12,22-23H,6-7,13-15H2,(H,32,37)(H,34,36)(H,38,39)/t22-,23-/m0/s1. The van der Waals surface area contributed by atoms with Crippen LogP contribution in [0, 0.1) is 0 Å². The SMILES string of the molecule is O=C1CCNC(=O)c2cc(cc(C(=O)O)c2)Oc2cccc(c2)CO[C@H]2CN(c3ccc(C(F)(F)F)cn3)C[C@@H]2N1. The van der Waals surface area contributed by atoms with Gasteiger partial charge in [-0.25, -0.2) is 9.78 Å². The summed E-state index contributed by atoms with van der Waals surface area (Å²) < 4.78 is 51.0. The Balaban J connectivity index is 1.39. The number of carboxylic acids is 1. The molecule has 1 fully saturated rings. The fourth-order valence-corrected chi connectivity index (χ4v) is 4.63. The second-order valence-corrected chi connectivity index (χ2v) is 9.64. The van der Waals surface area contributed by atoms with E-state index in [0.717, 1.165) is 17.8 Å². The van der Waals surface area contributed by atoms with E-state index in [0.29, 0.717) is 11.6 Å². The van der Waals surface area contributed by atoms with Crippen molar-refractivity contribution in [2.24, 2.45) is 0 Å². The van der Waals surface area contributed by atoms with Gasteiger partial charge >= 0.3 is 12.1 Å². The second kappa shape index (κ2) is 11.5. The third-order valence-electron chi connectivity index (χ3n) is 6.66. The fourth-order valence-electron chi connectivity index (χ4n) is 4.63. The van der Waals surface area contributed by atoms with E-state index in [1.54, 1.807) is 29.2 Å². The Hall–Kier alpha value is -4.65. The Morgan fingerprint density at radius 2 is 1.88 bits per heavy atom. The molecule has 3 heterocycles. The molecule has 2 aliphatic rings. The number of pyridine rings is 1. The molecule has 2 aliphatic heterocycles. The van der Waals surface area contributed by atoms with Crippen LogP contribution in [0.25, 0.3) is 0 Å². The maximum absolute atomic E-state index is 13.0. The molecule has 1 saturated heterocycles. The van der Waals surface area contributed by atoms with Crippen LogP contribution in [-0.4, -0.2) is 59.7 Å². The van der Waals surface area contributed by atoms with Crippen molar-refractivity contribution in [1.82, 2.24) is 15.6 Å². The molecule has 0 aliphatic carbocycles. The predicted molar refractivity (Wildman–Crippen MR) is 139 cm³/mol. The molecule has 0 unspecified atom stereocenters. The number of rotatable bonds is 2. The third-order valence-corrected chi connectivity index (χ3v) is 6.66. The maximum Gasteiger partial charge on any atom is 0.417 e. The Morgan fingerprint density at radius 3 is 2.61 bits per heavy atom. The lowest BCUT2D eigenvalue weighted by Gasteiger charge is -2.20. The lowest BCUT2D eigenvalue weighted by Crippen LogP contribution is -2.44. The monoisotopic (exact) mass is 570 g/mol. The molecule has 2 atom stereocenters. The zero-order valence-corrected chi connectivity index (χ0v) is 21.5. The number of anilines is 1. The van der Waals surface area contributed by atoms with Gasteiger partial charge in [-0.2, -0.15) is 13.2 Å². The number of carbonyl (C=O) groups excluding carboxylic acids is 2. The summed E-state index contributed by atoms with van der Waals surface area (Å²) >= 11 is 0. The molecule has 4 bridgehead atoms. The summed E-state index contributed by atoms with van der Waals surface area (Å²) in [5, 5.41) is 15.0. The first-order chi connectivity index (χ1) is 19.5. The zero-order valence-electron chi connectivity index (χ0n) is 21.5. The highest BCUT2D eigenvalue weighted by Gasteiger charge is 2.36. The quantitative estimate of drug-likeness (QED) is 0.426. The lowest BCUT2D eigenvalue weighted by molar-refractivity contribution is -0.137. The molecule has 214 valence electrons. The Labute approximate surface area is 232 Å². The smallest absolute Gasteiger partial charge is 0.417 e. The predicted octanol–water partition coefficient (Wildman–Crippen LogP) is 3.61. The topological polar surface area (TPSA) is 130 Å². The van der Waals surface area contributed by atoms with Crippen LogP contribution in [0.1, 0.15) is 38.3 Å². The van der Waals surface area contributed by atoms with Gasteiger partial charge in [-0.1, -0.05) is 12.1 Å². The van der Waals surface area contributed by atoms with E-state index in [9.17, 15) is 32.7 Å². The molecule has 0 saturated carbocycles. The number of hydrogen-bond donors (Lipinski definition) is 3. The van der Waals surface area contributed by atoms with Crippen molar-refractivity contribution >= 4 is 23.6 Å². The van der Waals surface area contributed by atoms with Gasteiger partial charge < -0.3 is 30.1 Å². The van der Waals surface area contributed by atoms with E-state index in [-0.39, 0.29) is 55.4 Å². The molecule has 10 nitrogen and oxygen atoms in total. The Kier molecular flexibility index (Phi) is 7.79. The summed E-state index contributed by atoms with van der Waals surface area (Å²) in [5.74, 6) is -1.34. The van der Waals surface area contributed by atoms with Crippen LogP contribution in [-0.2, 0) is 22.3 Å². The summed E-state index contributed by atoms with van der Waals surface area (Å²) in [6.45, 7) is 0.610. The van der Waals surface area contributed by atoms with Crippen molar-refractivity contribution in [3.05, 3.63) is 83.0 Å². The van der Waals surface area contributed by atoms with Crippen LogP contribution < -0.4 is 20.3 Å². The first kappa shape index (κ1) is 27.9. The van der Waals surface area contributed by atoms with Crippen LogP contribution >= 0.6 is 0 Å². The number of benzene rings is 2. The minimum Gasteiger partial charge on any atom is -0.478 e. The fraction of sp³-hybridized carbons (Fsp3) is 0.286.